The minimum Gasteiger partial charge on any atom is -0.481 e. The number of hydrogen-bond donors (Lipinski definition) is 1. The summed E-state index contributed by atoms with van der Waals surface area (Å²) in [5.74, 6) is 0.556. The molecule has 0 aliphatic carbocycles. The van der Waals surface area contributed by atoms with Gasteiger partial charge in [-0.15, -0.1) is 11.3 Å². The van der Waals surface area contributed by atoms with Crippen LogP contribution >= 0.6 is 22.9 Å². The van der Waals surface area contributed by atoms with E-state index in [4.69, 9.17) is 16.3 Å². The Morgan fingerprint density at radius 3 is 2.95 bits per heavy atom. The van der Waals surface area contributed by atoms with Gasteiger partial charge in [-0.25, -0.2) is 9.97 Å². The van der Waals surface area contributed by atoms with Crippen LogP contribution in [0.1, 0.15) is 30.0 Å². The van der Waals surface area contributed by atoms with Gasteiger partial charge in [0.1, 0.15) is 6.33 Å². The number of ether oxygens (including phenoxy) is 1. The van der Waals surface area contributed by atoms with Crippen LogP contribution in [0.3, 0.4) is 0 Å². The number of rotatable bonds is 6. The normalized spacial score (nSPS) is 12.4. The Morgan fingerprint density at radius 1 is 1.47 bits per heavy atom. The van der Waals surface area contributed by atoms with Crippen molar-refractivity contribution in [2.75, 3.05) is 13.7 Å². The maximum atomic E-state index is 6.23. The molecule has 6 heteroatoms. The predicted octanol–water partition coefficient (Wildman–Crippen LogP) is 3.29. The monoisotopic (exact) mass is 297 g/mol. The summed E-state index contributed by atoms with van der Waals surface area (Å²) in [7, 11) is 1.60. The average Bonchev–Trinajstić information content (AvgIpc) is 2.86. The summed E-state index contributed by atoms with van der Waals surface area (Å²) in [6.07, 6.45) is 2.55. The zero-order valence-electron chi connectivity index (χ0n) is 10.9. The van der Waals surface area contributed by atoms with Gasteiger partial charge in [0, 0.05) is 10.9 Å². The fourth-order valence-electron chi connectivity index (χ4n) is 1.75. The van der Waals surface area contributed by atoms with Crippen molar-refractivity contribution in [3.05, 3.63) is 39.4 Å². The molecule has 0 fully saturated rings. The Hall–Kier alpha value is -1.17. The van der Waals surface area contributed by atoms with Crippen molar-refractivity contribution >= 4 is 22.9 Å². The van der Waals surface area contributed by atoms with Crippen molar-refractivity contribution in [2.45, 2.75) is 19.4 Å². The van der Waals surface area contributed by atoms with E-state index in [2.05, 4.69) is 22.2 Å². The molecule has 102 valence electrons. The molecule has 0 aliphatic rings. The molecule has 0 saturated heterocycles. The zero-order chi connectivity index (χ0) is 13.7. The summed E-state index contributed by atoms with van der Waals surface area (Å²) < 4.78 is 5.15. The summed E-state index contributed by atoms with van der Waals surface area (Å²) >= 11 is 7.85. The predicted molar refractivity (Wildman–Crippen MR) is 78.0 cm³/mol. The van der Waals surface area contributed by atoms with E-state index in [1.165, 1.54) is 6.33 Å². The topological polar surface area (TPSA) is 47.0 Å². The van der Waals surface area contributed by atoms with Gasteiger partial charge in [0.25, 0.3) is 0 Å². The van der Waals surface area contributed by atoms with E-state index in [0.29, 0.717) is 5.88 Å². The van der Waals surface area contributed by atoms with Gasteiger partial charge in [-0.2, -0.15) is 0 Å². The molecule has 2 aromatic rings. The maximum Gasteiger partial charge on any atom is 0.216 e. The van der Waals surface area contributed by atoms with E-state index in [1.807, 2.05) is 17.5 Å². The van der Waals surface area contributed by atoms with Gasteiger partial charge < -0.3 is 10.1 Å². The fraction of sp³-hybridized carbons (Fsp3) is 0.385. The molecule has 1 N–H and O–H groups in total. The molecule has 1 atom stereocenters. The van der Waals surface area contributed by atoms with Crippen LogP contribution in [0.5, 0.6) is 5.88 Å². The van der Waals surface area contributed by atoms with Crippen molar-refractivity contribution in [1.82, 2.24) is 15.3 Å². The molecule has 0 aromatic carbocycles. The first-order chi connectivity index (χ1) is 9.26. The average molecular weight is 298 g/mol. The smallest absolute Gasteiger partial charge is 0.216 e. The van der Waals surface area contributed by atoms with Crippen LogP contribution in [-0.2, 0) is 0 Å². The number of nitrogens with one attached hydrogen (secondary N) is 1. The summed E-state index contributed by atoms with van der Waals surface area (Å²) in [5.41, 5.74) is 0.865. The second-order valence-electron chi connectivity index (χ2n) is 4.01. The molecule has 2 rings (SSSR count). The Bertz CT molecular complexity index is 532. The van der Waals surface area contributed by atoms with Gasteiger partial charge in [-0.05, 0) is 24.4 Å². The van der Waals surface area contributed by atoms with E-state index in [0.717, 1.165) is 28.6 Å². The number of thiophene rings is 1. The molecule has 0 bridgehead atoms. The van der Waals surface area contributed by atoms with Crippen LogP contribution in [-0.4, -0.2) is 23.6 Å². The number of halogens is 1. The Balaban J connectivity index is 2.34. The number of nitrogens with zero attached hydrogens (tertiary/aromatic N) is 2. The molecular formula is C13H16ClN3OS. The van der Waals surface area contributed by atoms with E-state index in [-0.39, 0.29) is 6.04 Å². The molecule has 2 aromatic heterocycles. The highest BCUT2D eigenvalue weighted by Gasteiger charge is 2.19. The van der Waals surface area contributed by atoms with Crippen LogP contribution in [0.15, 0.2) is 23.8 Å². The molecular weight excluding hydrogens is 282 g/mol. The molecule has 4 nitrogen and oxygen atoms in total. The van der Waals surface area contributed by atoms with Gasteiger partial charge in [0.15, 0.2) is 0 Å². The summed E-state index contributed by atoms with van der Waals surface area (Å²) in [6, 6.07) is 3.72. The van der Waals surface area contributed by atoms with Crippen LogP contribution in [0.4, 0.5) is 0 Å². The largest absolute Gasteiger partial charge is 0.481 e. The highest BCUT2D eigenvalue weighted by molar-refractivity contribution is 7.10. The van der Waals surface area contributed by atoms with Gasteiger partial charge in [0.2, 0.25) is 5.88 Å². The van der Waals surface area contributed by atoms with Crippen molar-refractivity contribution in [2.24, 2.45) is 0 Å². The molecule has 0 amide bonds. The second kappa shape index (κ2) is 6.84. The van der Waals surface area contributed by atoms with Crippen molar-refractivity contribution in [1.29, 1.82) is 0 Å². The minimum absolute atomic E-state index is 0.0238. The van der Waals surface area contributed by atoms with Gasteiger partial charge in [-0.1, -0.05) is 18.5 Å². The fourth-order valence-corrected chi connectivity index (χ4v) is 3.01. The Kier molecular flexibility index (Phi) is 5.13. The highest BCUT2D eigenvalue weighted by Crippen LogP contribution is 2.32. The van der Waals surface area contributed by atoms with Gasteiger partial charge in [-0.3, -0.25) is 0 Å². The number of hydrogen-bond acceptors (Lipinski definition) is 5. The van der Waals surface area contributed by atoms with Crippen molar-refractivity contribution in [3.8, 4) is 5.88 Å². The van der Waals surface area contributed by atoms with Gasteiger partial charge >= 0.3 is 0 Å². The molecule has 0 radical (unpaired) electrons. The lowest BCUT2D eigenvalue weighted by Gasteiger charge is -2.17. The third kappa shape index (κ3) is 3.43. The quantitative estimate of drug-likeness (QED) is 0.889. The van der Waals surface area contributed by atoms with Crippen molar-refractivity contribution < 1.29 is 4.74 Å². The Morgan fingerprint density at radius 2 is 2.32 bits per heavy atom. The SMILES string of the molecule is CCCNC(c1cc(OC)ncn1)c1sccc1Cl. The summed E-state index contributed by atoms with van der Waals surface area (Å²) in [6.45, 7) is 3.02. The molecule has 2 heterocycles. The first kappa shape index (κ1) is 14.2. The number of methoxy groups -OCH3 is 1. The lowest BCUT2D eigenvalue weighted by Crippen LogP contribution is -2.23. The van der Waals surface area contributed by atoms with E-state index >= 15 is 0 Å². The van der Waals surface area contributed by atoms with Crippen molar-refractivity contribution in [3.63, 3.8) is 0 Å². The molecule has 1 unspecified atom stereocenters. The lowest BCUT2D eigenvalue weighted by molar-refractivity contribution is 0.395. The highest BCUT2D eigenvalue weighted by atomic mass is 35.5. The standard InChI is InChI=1S/C13H16ClN3OS/c1-3-5-15-12(13-9(14)4-6-19-13)10-7-11(18-2)17-8-16-10/h4,6-8,12,15H,3,5H2,1-2H3. The third-order valence-corrected chi connectivity index (χ3v) is 4.10. The number of aromatic nitrogens is 2. The zero-order valence-corrected chi connectivity index (χ0v) is 12.5. The maximum absolute atomic E-state index is 6.23. The van der Waals surface area contributed by atoms with Crippen LogP contribution in [0.2, 0.25) is 5.02 Å². The van der Waals surface area contributed by atoms with Crippen LogP contribution in [0, 0.1) is 0 Å². The van der Waals surface area contributed by atoms with Crippen LogP contribution in [0.25, 0.3) is 0 Å². The van der Waals surface area contributed by atoms with Gasteiger partial charge in [0.05, 0.1) is 23.9 Å². The van der Waals surface area contributed by atoms with E-state index in [1.54, 1.807) is 18.4 Å². The van der Waals surface area contributed by atoms with E-state index in [9.17, 15) is 0 Å². The minimum atomic E-state index is -0.0238. The third-order valence-electron chi connectivity index (χ3n) is 2.67. The molecule has 0 aliphatic heterocycles. The molecule has 19 heavy (non-hydrogen) atoms. The first-order valence-electron chi connectivity index (χ1n) is 6.08. The second-order valence-corrected chi connectivity index (χ2v) is 5.36. The molecule has 0 saturated carbocycles. The van der Waals surface area contributed by atoms with Crippen LogP contribution < -0.4 is 10.1 Å². The van der Waals surface area contributed by atoms with E-state index < -0.39 is 0 Å². The summed E-state index contributed by atoms with van der Waals surface area (Å²) in [5, 5.41) is 6.20. The summed E-state index contributed by atoms with van der Waals surface area (Å²) in [4.78, 5) is 9.43. The lowest BCUT2D eigenvalue weighted by atomic mass is 10.1. The first-order valence-corrected chi connectivity index (χ1v) is 7.34. The Labute approximate surface area is 121 Å². The molecule has 0 spiro atoms.